The Morgan fingerprint density at radius 3 is 2.38 bits per heavy atom. The van der Waals surface area contributed by atoms with Crippen molar-refractivity contribution in [1.82, 2.24) is 10.6 Å². The van der Waals surface area contributed by atoms with Crippen LogP contribution in [-0.4, -0.2) is 31.7 Å². The van der Waals surface area contributed by atoms with Crippen molar-refractivity contribution in [1.29, 1.82) is 0 Å². The topological polar surface area (TPSA) is 67.4 Å². The fourth-order valence-corrected chi connectivity index (χ4v) is 0.564. The van der Waals surface area contributed by atoms with E-state index >= 15 is 0 Å². The van der Waals surface area contributed by atoms with E-state index in [1.54, 1.807) is 6.92 Å². The lowest BCUT2D eigenvalue weighted by molar-refractivity contribution is -0.119. The number of ether oxygens (including phenoxy) is 1. The van der Waals surface area contributed by atoms with Gasteiger partial charge in [-0.25, -0.2) is 4.79 Å². The van der Waals surface area contributed by atoms with Crippen LogP contribution in [0.5, 0.6) is 0 Å². The lowest BCUT2D eigenvalue weighted by atomic mass is 10.5. The van der Waals surface area contributed by atoms with Crippen molar-refractivity contribution in [3.05, 3.63) is 0 Å². The second kappa shape index (κ2) is 9.28. The van der Waals surface area contributed by atoms with Gasteiger partial charge in [-0.05, 0) is 13.5 Å². The summed E-state index contributed by atoms with van der Waals surface area (Å²) in [6.07, 6.45) is -0.694. The normalized spacial score (nSPS) is 8.46. The molecule has 78 valence electrons. The molecule has 0 aliphatic heterocycles. The highest BCUT2D eigenvalue weighted by molar-refractivity contribution is 5.92. The molecular weight excluding hydrogens is 196 g/mol. The summed E-state index contributed by atoms with van der Waals surface area (Å²) in [5, 5.41) is 4.83. The van der Waals surface area contributed by atoms with Gasteiger partial charge >= 0.3 is 6.09 Å². The first-order valence-electron chi connectivity index (χ1n) is 3.88. The molecule has 0 aromatic heterocycles. The lowest BCUT2D eigenvalue weighted by Gasteiger charge is -2.03. The van der Waals surface area contributed by atoms with Crippen molar-refractivity contribution in [2.24, 2.45) is 0 Å². The number of carbonyl (C=O) groups excluding carboxylic acids is 2. The highest BCUT2D eigenvalue weighted by atomic mass is 35.5. The molecule has 0 saturated carbocycles. The smallest absolute Gasteiger partial charge is 0.413 e. The maximum absolute atomic E-state index is 10.8. The number of amides is 2. The Kier molecular flexibility index (Phi) is 10.5. The molecule has 0 radical (unpaired) electrons. The first kappa shape index (κ1) is 14.7. The minimum absolute atomic E-state index is 0. The molecule has 5 nitrogen and oxygen atoms in total. The zero-order valence-corrected chi connectivity index (χ0v) is 8.57. The second-order valence-electron chi connectivity index (χ2n) is 2.05. The van der Waals surface area contributed by atoms with Crippen molar-refractivity contribution >= 4 is 24.4 Å². The number of nitrogens with one attached hydrogen (secondary N) is 2. The van der Waals surface area contributed by atoms with Crippen molar-refractivity contribution in [2.45, 2.75) is 13.8 Å². The van der Waals surface area contributed by atoms with Crippen molar-refractivity contribution in [3.63, 3.8) is 0 Å². The van der Waals surface area contributed by atoms with Gasteiger partial charge < -0.3 is 10.1 Å². The van der Waals surface area contributed by atoms with Gasteiger partial charge in [0.2, 0.25) is 5.91 Å². The van der Waals surface area contributed by atoms with Gasteiger partial charge in [-0.1, -0.05) is 6.92 Å². The fraction of sp³-hybridized carbons (Fsp3) is 0.714. The van der Waals surface area contributed by atoms with E-state index in [1.807, 2.05) is 6.92 Å². The summed E-state index contributed by atoms with van der Waals surface area (Å²) in [6.45, 7) is 4.64. The summed E-state index contributed by atoms with van der Waals surface area (Å²) in [4.78, 5) is 21.4. The van der Waals surface area contributed by atoms with E-state index in [-0.39, 0.29) is 31.5 Å². The standard InChI is InChI=1S/C7H14N2O3.ClH/c1-3-8-5-6(10)9-7(11)12-4-2;/h8H,3-5H2,1-2H3,(H,9,10,11);1H. The maximum Gasteiger partial charge on any atom is 0.413 e. The highest BCUT2D eigenvalue weighted by Gasteiger charge is 2.05. The summed E-state index contributed by atoms with van der Waals surface area (Å²) in [6, 6.07) is 0. The van der Waals surface area contributed by atoms with Crippen LogP contribution in [0.15, 0.2) is 0 Å². The molecule has 0 atom stereocenters. The third-order valence-electron chi connectivity index (χ3n) is 1.05. The zero-order chi connectivity index (χ0) is 9.40. The number of likely N-dealkylation sites (N-methyl/N-ethyl adjacent to an activating group) is 1. The monoisotopic (exact) mass is 210 g/mol. The Morgan fingerprint density at radius 2 is 1.92 bits per heavy atom. The van der Waals surface area contributed by atoms with E-state index in [4.69, 9.17) is 0 Å². The Balaban J connectivity index is 0. The van der Waals surface area contributed by atoms with Crippen LogP contribution in [0.1, 0.15) is 13.8 Å². The number of hydrogen-bond donors (Lipinski definition) is 2. The van der Waals surface area contributed by atoms with Crippen LogP contribution in [0.4, 0.5) is 4.79 Å². The largest absolute Gasteiger partial charge is 0.450 e. The molecule has 2 N–H and O–H groups in total. The molecule has 0 unspecified atom stereocenters. The van der Waals surface area contributed by atoms with Crippen LogP contribution in [0.25, 0.3) is 0 Å². The molecule has 0 aromatic carbocycles. The summed E-state index contributed by atoms with van der Waals surface area (Å²) in [7, 11) is 0. The van der Waals surface area contributed by atoms with Gasteiger partial charge in [0.15, 0.2) is 0 Å². The third-order valence-corrected chi connectivity index (χ3v) is 1.05. The minimum atomic E-state index is -0.694. The van der Waals surface area contributed by atoms with E-state index in [9.17, 15) is 9.59 Å². The van der Waals surface area contributed by atoms with Crippen LogP contribution in [0.2, 0.25) is 0 Å². The van der Waals surface area contributed by atoms with Gasteiger partial charge in [0.05, 0.1) is 13.2 Å². The Labute approximate surface area is 83.6 Å². The molecule has 6 heteroatoms. The van der Waals surface area contributed by atoms with E-state index in [1.165, 1.54) is 0 Å². The van der Waals surface area contributed by atoms with E-state index in [0.717, 1.165) is 0 Å². The van der Waals surface area contributed by atoms with Crippen LogP contribution in [0.3, 0.4) is 0 Å². The van der Waals surface area contributed by atoms with Crippen molar-refractivity contribution in [3.8, 4) is 0 Å². The van der Waals surface area contributed by atoms with E-state index in [2.05, 4.69) is 15.4 Å². The zero-order valence-electron chi connectivity index (χ0n) is 7.75. The molecule has 0 spiro atoms. The molecule has 0 bridgehead atoms. The first-order valence-corrected chi connectivity index (χ1v) is 3.88. The van der Waals surface area contributed by atoms with Crippen LogP contribution in [-0.2, 0) is 9.53 Å². The summed E-state index contributed by atoms with van der Waals surface area (Å²) < 4.78 is 4.49. The highest BCUT2D eigenvalue weighted by Crippen LogP contribution is 1.75. The fourth-order valence-electron chi connectivity index (χ4n) is 0.564. The number of halogens is 1. The molecule has 0 heterocycles. The molecule has 0 fully saturated rings. The van der Waals surface area contributed by atoms with Crippen LogP contribution < -0.4 is 10.6 Å². The van der Waals surface area contributed by atoms with Crippen LogP contribution in [0, 0.1) is 0 Å². The summed E-state index contributed by atoms with van der Waals surface area (Å²) in [5.41, 5.74) is 0. The molecule has 0 aliphatic rings. The SMILES string of the molecule is CCNCC(=O)NC(=O)OCC.Cl. The van der Waals surface area contributed by atoms with E-state index in [0.29, 0.717) is 6.54 Å². The first-order chi connectivity index (χ1) is 5.70. The number of alkyl carbamates (subject to hydrolysis) is 1. The molecule has 0 saturated heterocycles. The molecule has 13 heavy (non-hydrogen) atoms. The van der Waals surface area contributed by atoms with Crippen LogP contribution >= 0.6 is 12.4 Å². The molecule has 0 rings (SSSR count). The Morgan fingerprint density at radius 1 is 1.31 bits per heavy atom. The Hall–Kier alpha value is -0.810. The molecule has 0 aliphatic carbocycles. The van der Waals surface area contributed by atoms with E-state index < -0.39 is 6.09 Å². The number of rotatable bonds is 4. The number of imide groups is 1. The van der Waals surface area contributed by atoms with Gasteiger partial charge in [0.1, 0.15) is 0 Å². The third kappa shape index (κ3) is 9.10. The van der Waals surface area contributed by atoms with Gasteiger partial charge in [-0.2, -0.15) is 0 Å². The number of carbonyl (C=O) groups is 2. The van der Waals surface area contributed by atoms with Gasteiger partial charge in [0, 0.05) is 0 Å². The number of hydrogen-bond acceptors (Lipinski definition) is 4. The average molecular weight is 211 g/mol. The average Bonchev–Trinajstić information content (AvgIpc) is 2.01. The van der Waals surface area contributed by atoms with Crippen molar-refractivity contribution in [2.75, 3.05) is 19.7 Å². The van der Waals surface area contributed by atoms with Crippen molar-refractivity contribution < 1.29 is 14.3 Å². The van der Waals surface area contributed by atoms with Gasteiger partial charge in [0.25, 0.3) is 0 Å². The maximum atomic E-state index is 10.8. The van der Waals surface area contributed by atoms with Gasteiger partial charge in [-0.3, -0.25) is 10.1 Å². The van der Waals surface area contributed by atoms with Gasteiger partial charge in [-0.15, -0.1) is 12.4 Å². The molecule has 0 aromatic rings. The molecule has 2 amide bonds. The second-order valence-corrected chi connectivity index (χ2v) is 2.05. The lowest BCUT2D eigenvalue weighted by Crippen LogP contribution is -2.37. The predicted octanol–water partition coefficient (Wildman–Crippen LogP) is 0.290. The summed E-state index contributed by atoms with van der Waals surface area (Å²) >= 11 is 0. The molecular formula is C7H15ClN2O3. The Bertz CT molecular complexity index is 164. The predicted molar refractivity (Wildman–Crippen MR) is 51.0 cm³/mol. The quantitative estimate of drug-likeness (QED) is 0.700. The minimum Gasteiger partial charge on any atom is -0.450 e. The summed E-state index contributed by atoms with van der Waals surface area (Å²) in [5.74, 6) is -0.379.